The van der Waals surface area contributed by atoms with Crippen LogP contribution in [0.2, 0.25) is 0 Å². The molecule has 1 aliphatic carbocycles. The Hall–Kier alpha value is -0.300. The minimum absolute atomic E-state index is 0.237. The van der Waals surface area contributed by atoms with E-state index in [0.717, 1.165) is 6.61 Å². The maximum absolute atomic E-state index is 5.98. The maximum Gasteiger partial charge on any atom is 0.0691 e. The summed E-state index contributed by atoms with van der Waals surface area (Å²) in [4.78, 5) is 0. The Morgan fingerprint density at radius 1 is 1.23 bits per heavy atom. The van der Waals surface area contributed by atoms with Crippen LogP contribution in [0, 0.1) is 5.41 Å². The van der Waals surface area contributed by atoms with Crippen molar-refractivity contribution < 1.29 is 4.74 Å². The van der Waals surface area contributed by atoms with E-state index in [1.165, 1.54) is 38.5 Å². The zero-order valence-electron chi connectivity index (χ0n) is 8.64. The number of allylic oxidation sites excluding steroid dienone is 1. The Labute approximate surface area is 81.2 Å². The van der Waals surface area contributed by atoms with Gasteiger partial charge in [0, 0.05) is 6.61 Å². The number of hydrogen-bond donors (Lipinski definition) is 0. The molecule has 2 unspecified atom stereocenters. The zero-order chi connectivity index (χ0) is 9.36. The van der Waals surface area contributed by atoms with Crippen molar-refractivity contribution in [2.45, 2.75) is 51.0 Å². The molecule has 0 radical (unpaired) electrons. The summed E-state index contributed by atoms with van der Waals surface area (Å²) in [5.74, 6) is 0. The first-order chi connectivity index (χ1) is 6.18. The quantitative estimate of drug-likeness (QED) is 0.563. The zero-order valence-corrected chi connectivity index (χ0v) is 8.64. The molecular formula is C12H20O. The smallest absolute Gasteiger partial charge is 0.0691 e. The van der Waals surface area contributed by atoms with Gasteiger partial charge in [-0.25, -0.2) is 0 Å². The predicted octanol–water partition coefficient (Wildman–Crippen LogP) is 3.30. The second-order valence-corrected chi connectivity index (χ2v) is 5.02. The normalized spacial score (nSPS) is 45.3. The van der Waals surface area contributed by atoms with Crippen molar-refractivity contribution in [2.24, 2.45) is 5.41 Å². The molecule has 0 bridgehead atoms. The van der Waals surface area contributed by atoms with Gasteiger partial charge in [0.15, 0.2) is 0 Å². The van der Waals surface area contributed by atoms with Crippen LogP contribution in [0.25, 0.3) is 0 Å². The fraction of sp³-hybridized carbons (Fsp3) is 0.833. The molecule has 0 amide bonds. The molecule has 0 aromatic rings. The van der Waals surface area contributed by atoms with E-state index in [0.29, 0.717) is 5.41 Å². The minimum Gasteiger partial charge on any atom is -0.375 e. The minimum atomic E-state index is 0.237. The van der Waals surface area contributed by atoms with Crippen molar-refractivity contribution in [3.8, 4) is 0 Å². The topological polar surface area (TPSA) is 9.23 Å². The fourth-order valence-electron chi connectivity index (χ4n) is 2.85. The van der Waals surface area contributed by atoms with Crippen LogP contribution in [0.15, 0.2) is 12.7 Å². The van der Waals surface area contributed by atoms with E-state index in [2.05, 4.69) is 19.6 Å². The first-order valence-corrected chi connectivity index (χ1v) is 5.46. The lowest BCUT2D eigenvalue weighted by molar-refractivity contribution is -0.0772. The summed E-state index contributed by atoms with van der Waals surface area (Å²) in [5, 5.41) is 0. The molecule has 74 valence electrons. The van der Waals surface area contributed by atoms with Crippen molar-refractivity contribution in [1.82, 2.24) is 0 Å². The van der Waals surface area contributed by atoms with Gasteiger partial charge >= 0.3 is 0 Å². The van der Waals surface area contributed by atoms with E-state index in [-0.39, 0.29) is 5.60 Å². The van der Waals surface area contributed by atoms with Crippen molar-refractivity contribution in [1.29, 1.82) is 0 Å². The molecule has 1 heteroatoms. The second-order valence-electron chi connectivity index (χ2n) is 5.02. The van der Waals surface area contributed by atoms with Crippen molar-refractivity contribution >= 4 is 0 Å². The number of rotatable bonds is 1. The first-order valence-electron chi connectivity index (χ1n) is 5.46. The Balaban J connectivity index is 2.06. The summed E-state index contributed by atoms with van der Waals surface area (Å²) in [6, 6.07) is 0. The second kappa shape index (κ2) is 3.13. The highest BCUT2D eigenvalue weighted by Crippen LogP contribution is 2.50. The standard InChI is InChI=1S/C12H20O/c1-3-11(2)7-8-12(10-11)6-4-5-9-13-12/h3H,1,4-10H2,2H3. The summed E-state index contributed by atoms with van der Waals surface area (Å²) in [7, 11) is 0. The Bertz CT molecular complexity index is 203. The van der Waals surface area contributed by atoms with Crippen LogP contribution in [0.1, 0.15) is 45.4 Å². The van der Waals surface area contributed by atoms with E-state index in [9.17, 15) is 0 Å². The summed E-state index contributed by atoms with van der Waals surface area (Å²) in [6.07, 6.45) is 9.71. The largest absolute Gasteiger partial charge is 0.375 e. The molecule has 2 rings (SSSR count). The number of ether oxygens (including phenoxy) is 1. The molecular weight excluding hydrogens is 160 g/mol. The molecule has 1 saturated carbocycles. The molecule has 1 aliphatic heterocycles. The molecule has 1 saturated heterocycles. The van der Waals surface area contributed by atoms with E-state index < -0.39 is 0 Å². The van der Waals surface area contributed by atoms with Gasteiger partial charge in [-0.1, -0.05) is 13.0 Å². The van der Waals surface area contributed by atoms with E-state index in [1.54, 1.807) is 0 Å². The molecule has 2 atom stereocenters. The van der Waals surface area contributed by atoms with Gasteiger partial charge in [-0.3, -0.25) is 0 Å². The SMILES string of the molecule is C=CC1(C)CCC2(CCCCO2)C1. The van der Waals surface area contributed by atoms with Crippen molar-refractivity contribution in [3.05, 3.63) is 12.7 Å². The van der Waals surface area contributed by atoms with Gasteiger partial charge in [0.25, 0.3) is 0 Å². The summed E-state index contributed by atoms with van der Waals surface area (Å²) in [6.45, 7) is 7.23. The lowest BCUT2D eigenvalue weighted by Gasteiger charge is -2.35. The Morgan fingerprint density at radius 2 is 2.08 bits per heavy atom. The predicted molar refractivity (Wildman–Crippen MR) is 54.7 cm³/mol. The Kier molecular flexibility index (Phi) is 2.23. The van der Waals surface area contributed by atoms with Crippen molar-refractivity contribution in [2.75, 3.05) is 6.61 Å². The van der Waals surface area contributed by atoms with E-state index in [1.807, 2.05) is 0 Å². The molecule has 2 aliphatic rings. The van der Waals surface area contributed by atoms with Crippen LogP contribution >= 0.6 is 0 Å². The third-order valence-electron chi connectivity index (χ3n) is 3.81. The van der Waals surface area contributed by atoms with Crippen LogP contribution in [0.4, 0.5) is 0 Å². The van der Waals surface area contributed by atoms with Gasteiger partial charge in [0.2, 0.25) is 0 Å². The summed E-state index contributed by atoms with van der Waals surface area (Å²) in [5.41, 5.74) is 0.582. The molecule has 0 aromatic heterocycles. The average Bonchev–Trinajstić information content (AvgIpc) is 2.47. The third kappa shape index (κ3) is 1.67. The summed E-state index contributed by atoms with van der Waals surface area (Å²) >= 11 is 0. The molecule has 1 spiro atoms. The van der Waals surface area contributed by atoms with Gasteiger partial charge in [-0.05, 0) is 43.9 Å². The van der Waals surface area contributed by atoms with Crippen LogP contribution in [-0.4, -0.2) is 12.2 Å². The monoisotopic (exact) mass is 180 g/mol. The van der Waals surface area contributed by atoms with Crippen LogP contribution in [-0.2, 0) is 4.74 Å². The highest BCUT2D eigenvalue weighted by molar-refractivity contribution is 5.05. The summed E-state index contributed by atoms with van der Waals surface area (Å²) < 4.78 is 5.98. The van der Waals surface area contributed by atoms with Gasteiger partial charge in [0.1, 0.15) is 0 Å². The molecule has 2 fully saturated rings. The average molecular weight is 180 g/mol. The lowest BCUT2D eigenvalue weighted by Crippen LogP contribution is -2.34. The maximum atomic E-state index is 5.98. The third-order valence-corrected chi connectivity index (χ3v) is 3.81. The first kappa shape index (κ1) is 9.26. The highest BCUT2D eigenvalue weighted by Gasteiger charge is 2.45. The number of hydrogen-bond acceptors (Lipinski definition) is 1. The van der Waals surface area contributed by atoms with E-state index >= 15 is 0 Å². The molecule has 1 nitrogen and oxygen atoms in total. The Morgan fingerprint density at radius 3 is 2.62 bits per heavy atom. The molecule has 0 aromatic carbocycles. The van der Waals surface area contributed by atoms with Gasteiger partial charge in [0.05, 0.1) is 5.60 Å². The fourth-order valence-corrected chi connectivity index (χ4v) is 2.85. The molecule has 0 N–H and O–H groups in total. The van der Waals surface area contributed by atoms with Crippen LogP contribution in [0.3, 0.4) is 0 Å². The lowest BCUT2D eigenvalue weighted by atomic mass is 9.84. The molecule has 1 heterocycles. The van der Waals surface area contributed by atoms with Gasteiger partial charge in [-0.15, -0.1) is 6.58 Å². The van der Waals surface area contributed by atoms with E-state index in [4.69, 9.17) is 4.74 Å². The van der Waals surface area contributed by atoms with Gasteiger partial charge in [-0.2, -0.15) is 0 Å². The molecule has 13 heavy (non-hydrogen) atoms. The van der Waals surface area contributed by atoms with Crippen LogP contribution < -0.4 is 0 Å². The van der Waals surface area contributed by atoms with Crippen molar-refractivity contribution in [3.63, 3.8) is 0 Å². The van der Waals surface area contributed by atoms with Gasteiger partial charge < -0.3 is 4.74 Å². The highest BCUT2D eigenvalue weighted by atomic mass is 16.5. The van der Waals surface area contributed by atoms with Crippen LogP contribution in [0.5, 0.6) is 0 Å².